The van der Waals surface area contributed by atoms with Crippen LogP contribution in [-0.2, 0) is 24.5 Å². The van der Waals surface area contributed by atoms with Crippen molar-refractivity contribution in [1.29, 1.82) is 0 Å². The first-order valence-corrected chi connectivity index (χ1v) is 11.2. The van der Waals surface area contributed by atoms with Crippen molar-refractivity contribution >= 4 is 11.9 Å². The van der Waals surface area contributed by atoms with Crippen LogP contribution in [0.15, 0.2) is 71.1 Å². The Balaban J connectivity index is 1.20. The number of rotatable bonds is 7. The first-order chi connectivity index (χ1) is 16.1. The number of aryl methyl sites for hydroxylation is 1. The van der Waals surface area contributed by atoms with Gasteiger partial charge in [0.25, 0.3) is 5.91 Å². The molecule has 3 aromatic rings. The minimum Gasteiger partial charge on any atom is -0.456 e. The molecule has 7 heteroatoms. The molecular formula is C26H29N3O4. The summed E-state index contributed by atoms with van der Waals surface area (Å²) in [5, 5.41) is 2.98. The Labute approximate surface area is 193 Å². The second-order valence-electron chi connectivity index (χ2n) is 8.15. The van der Waals surface area contributed by atoms with Crippen molar-refractivity contribution in [3.63, 3.8) is 0 Å². The molecule has 1 aliphatic heterocycles. The summed E-state index contributed by atoms with van der Waals surface area (Å²) in [4.78, 5) is 28.6. The number of ether oxygens (including phenoxy) is 1. The van der Waals surface area contributed by atoms with Gasteiger partial charge in [-0.3, -0.25) is 4.79 Å². The summed E-state index contributed by atoms with van der Waals surface area (Å²) in [5.74, 6) is 0.927. The van der Waals surface area contributed by atoms with Crippen molar-refractivity contribution in [2.24, 2.45) is 0 Å². The predicted molar refractivity (Wildman–Crippen MR) is 125 cm³/mol. The highest BCUT2D eigenvalue weighted by Crippen LogP contribution is 2.13. The zero-order valence-electron chi connectivity index (χ0n) is 18.8. The number of benzene rings is 2. The molecule has 1 saturated heterocycles. The van der Waals surface area contributed by atoms with E-state index in [9.17, 15) is 9.59 Å². The number of carbonyl (C=O) groups is 2. The fourth-order valence-electron chi connectivity index (χ4n) is 3.80. The lowest BCUT2D eigenvalue weighted by atomic mass is 10.1. The van der Waals surface area contributed by atoms with Crippen molar-refractivity contribution in [1.82, 2.24) is 15.1 Å². The summed E-state index contributed by atoms with van der Waals surface area (Å²) in [6, 6.07) is 21.5. The van der Waals surface area contributed by atoms with Gasteiger partial charge in [0, 0.05) is 32.7 Å². The highest BCUT2D eigenvalue weighted by Gasteiger charge is 2.26. The largest absolute Gasteiger partial charge is 0.456 e. The Morgan fingerprint density at radius 3 is 2.24 bits per heavy atom. The average molecular weight is 448 g/mol. The first kappa shape index (κ1) is 22.6. The maximum atomic E-state index is 12.6. The number of carbonyl (C=O) groups excluding carboxylic acids is 2. The number of urea groups is 1. The minimum absolute atomic E-state index is 0.123. The smallest absolute Gasteiger partial charge is 0.317 e. The molecule has 172 valence electrons. The molecule has 2 heterocycles. The van der Waals surface area contributed by atoms with Crippen molar-refractivity contribution in [2.45, 2.75) is 26.7 Å². The zero-order valence-corrected chi connectivity index (χ0v) is 18.8. The van der Waals surface area contributed by atoms with Gasteiger partial charge in [0.15, 0.2) is 5.76 Å². The average Bonchev–Trinajstić information content (AvgIpc) is 3.29. The molecule has 1 fully saturated rings. The van der Waals surface area contributed by atoms with Crippen molar-refractivity contribution < 1.29 is 18.7 Å². The molecular weight excluding hydrogens is 418 g/mol. The van der Waals surface area contributed by atoms with Gasteiger partial charge in [-0.25, -0.2) is 4.79 Å². The Kier molecular flexibility index (Phi) is 7.42. The van der Waals surface area contributed by atoms with Crippen LogP contribution in [0.5, 0.6) is 0 Å². The van der Waals surface area contributed by atoms with Crippen molar-refractivity contribution in [3.05, 3.63) is 94.9 Å². The maximum absolute atomic E-state index is 12.6. The number of piperazine rings is 1. The topological polar surface area (TPSA) is 75.0 Å². The molecule has 1 aromatic heterocycles. The Morgan fingerprint density at radius 2 is 1.52 bits per heavy atom. The van der Waals surface area contributed by atoms with E-state index in [1.54, 1.807) is 21.9 Å². The SMILES string of the molecule is Cc1ccc(C(=O)N2CCN(C(=O)NCc3cccc(COCc4ccccc4)c3)CC2)o1. The highest BCUT2D eigenvalue weighted by molar-refractivity contribution is 5.91. The summed E-state index contributed by atoms with van der Waals surface area (Å²) in [7, 11) is 0. The van der Waals surface area contributed by atoms with Crippen LogP contribution < -0.4 is 5.32 Å². The van der Waals surface area contributed by atoms with Crippen LogP contribution in [0.2, 0.25) is 0 Å². The molecule has 1 aliphatic rings. The van der Waals surface area contributed by atoms with E-state index >= 15 is 0 Å². The molecule has 0 spiro atoms. The van der Waals surface area contributed by atoms with Crippen LogP contribution in [-0.4, -0.2) is 47.9 Å². The van der Waals surface area contributed by atoms with E-state index in [0.717, 1.165) is 16.7 Å². The lowest BCUT2D eigenvalue weighted by Gasteiger charge is -2.34. The highest BCUT2D eigenvalue weighted by atomic mass is 16.5. The van der Waals surface area contributed by atoms with Crippen LogP contribution >= 0.6 is 0 Å². The number of hydrogen-bond donors (Lipinski definition) is 1. The van der Waals surface area contributed by atoms with Gasteiger partial charge >= 0.3 is 6.03 Å². The van der Waals surface area contributed by atoms with Gasteiger partial charge in [0.1, 0.15) is 5.76 Å². The second kappa shape index (κ2) is 10.8. The predicted octanol–water partition coefficient (Wildman–Crippen LogP) is 3.97. The first-order valence-electron chi connectivity index (χ1n) is 11.2. The monoisotopic (exact) mass is 447 g/mol. The molecule has 0 saturated carbocycles. The van der Waals surface area contributed by atoms with Crippen molar-refractivity contribution in [2.75, 3.05) is 26.2 Å². The molecule has 1 N–H and O–H groups in total. The van der Waals surface area contributed by atoms with Crippen LogP contribution in [0.25, 0.3) is 0 Å². The molecule has 0 aliphatic carbocycles. The van der Waals surface area contributed by atoms with E-state index in [4.69, 9.17) is 9.15 Å². The fraction of sp³-hybridized carbons (Fsp3) is 0.308. The number of furan rings is 1. The van der Waals surface area contributed by atoms with Gasteiger partial charge in [0.05, 0.1) is 13.2 Å². The third-order valence-electron chi connectivity index (χ3n) is 5.62. The van der Waals surface area contributed by atoms with E-state index in [2.05, 4.69) is 5.32 Å². The zero-order chi connectivity index (χ0) is 23.0. The molecule has 0 atom stereocenters. The number of hydrogen-bond acceptors (Lipinski definition) is 4. The van der Waals surface area contributed by atoms with Gasteiger partial charge < -0.3 is 24.3 Å². The number of amides is 3. The van der Waals surface area contributed by atoms with Gasteiger partial charge in [-0.05, 0) is 35.7 Å². The van der Waals surface area contributed by atoms with Gasteiger partial charge in [-0.1, -0.05) is 54.6 Å². The van der Waals surface area contributed by atoms with Crippen LogP contribution in [0, 0.1) is 6.92 Å². The third-order valence-corrected chi connectivity index (χ3v) is 5.62. The Morgan fingerprint density at radius 1 is 0.848 bits per heavy atom. The third kappa shape index (κ3) is 6.23. The maximum Gasteiger partial charge on any atom is 0.317 e. The lowest BCUT2D eigenvalue weighted by Crippen LogP contribution is -2.53. The van der Waals surface area contributed by atoms with Crippen LogP contribution in [0.4, 0.5) is 4.79 Å². The summed E-state index contributed by atoms with van der Waals surface area (Å²) >= 11 is 0. The molecule has 33 heavy (non-hydrogen) atoms. The molecule has 0 unspecified atom stereocenters. The molecule has 7 nitrogen and oxygen atoms in total. The minimum atomic E-state index is -0.130. The molecule has 4 rings (SSSR count). The van der Waals surface area contributed by atoms with E-state index < -0.39 is 0 Å². The van der Waals surface area contributed by atoms with Gasteiger partial charge in [-0.15, -0.1) is 0 Å². The molecule has 2 aromatic carbocycles. The van der Waals surface area contributed by atoms with E-state index in [-0.39, 0.29) is 11.9 Å². The molecule has 0 bridgehead atoms. The lowest BCUT2D eigenvalue weighted by molar-refractivity contribution is 0.0632. The summed E-state index contributed by atoms with van der Waals surface area (Å²) < 4.78 is 11.2. The second-order valence-corrected chi connectivity index (χ2v) is 8.15. The molecule has 0 radical (unpaired) electrons. The van der Waals surface area contributed by atoms with E-state index in [1.807, 2.05) is 61.5 Å². The molecule has 3 amide bonds. The summed E-state index contributed by atoms with van der Waals surface area (Å²) in [6.07, 6.45) is 0. The standard InChI is InChI=1S/C26H29N3O4/c1-20-10-11-24(33-20)25(30)28-12-14-29(15-13-28)26(31)27-17-22-8-5-9-23(16-22)19-32-18-21-6-3-2-4-7-21/h2-11,16H,12-15,17-19H2,1H3,(H,27,31). The van der Waals surface area contributed by atoms with E-state index in [1.165, 1.54) is 0 Å². The van der Waals surface area contributed by atoms with Crippen LogP contribution in [0.1, 0.15) is 33.0 Å². The van der Waals surface area contributed by atoms with Gasteiger partial charge in [-0.2, -0.15) is 0 Å². The van der Waals surface area contributed by atoms with Crippen molar-refractivity contribution in [3.8, 4) is 0 Å². The Hall–Kier alpha value is -3.58. The number of nitrogens with one attached hydrogen (secondary N) is 1. The fourth-order valence-corrected chi connectivity index (χ4v) is 3.80. The van der Waals surface area contributed by atoms with Crippen LogP contribution in [0.3, 0.4) is 0 Å². The Bertz CT molecular complexity index is 1070. The van der Waals surface area contributed by atoms with E-state index in [0.29, 0.717) is 57.5 Å². The normalized spacial score (nSPS) is 13.7. The summed E-state index contributed by atoms with van der Waals surface area (Å²) in [6.45, 7) is 5.29. The van der Waals surface area contributed by atoms with Gasteiger partial charge in [0.2, 0.25) is 0 Å². The summed E-state index contributed by atoms with van der Waals surface area (Å²) in [5.41, 5.74) is 3.23. The quantitative estimate of drug-likeness (QED) is 0.595. The number of nitrogens with zero attached hydrogens (tertiary/aromatic N) is 2.